The van der Waals surface area contributed by atoms with E-state index in [1.165, 1.54) is 24.8 Å². The van der Waals surface area contributed by atoms with Crippen molar-refractivity contribution in [1.82, 2.24) is 9.88 Å². The van der Waals surface area contributed by atoms with Crippen molar-refractivity contribution < 1.29 is 4.92 Å². The lowest BCUT2D eigenvalue weighted by atomic mass is 10.0. The van der Waals surface area contributed by atoms with Gasteiger partial charge in [0.2, 0.25) is 0 Å². The van der Waals surface area contributed by atoms with Gasteiger partial charge in [0.25, 0.3) is 5.69 Å². The van der Waals surface area contributed by atoms with E-state index in [1.807, 2.05) is 4.90 Å². The Hall–Kier alpha value is -2.18. The molecule has 2 N–H and O–H groups in total. The van der Waals surface area contributed by atoms with Crippen molar-refractivity contribution in [3.63, 3.8) is 0 Å². The van der Waals surface area contributed by atoms with Gasteiger partial charge in [0.1, 0.15) is 6.20 Å². The zero-order chi connectivity index (χ0) is 13.8. The van der Waals surface area contributed by atoms with E-state index in [4.69, 9.17) is 5.73 Å². The zero-order valence-electron chi connectivity index (χ0n) is 10.8. The second-order valence-electron chi connectivity index (χ2n) is 4.64. The maximum Gasteiger partial charge on any atom is 0.287 e. The summed E-state index contributed by atoms with van der Waals surface area (Å²) in [7, 11) is 0. The maximum atomic E-state index is 10.5. The summed E-state index contributed by atoms with van der Waals surface area (Å²) >= 11 is 0. The Labute approximate surface area is 111 Å². The molecule has 0 aromatic carbocycles. The van der Waals surface area contributed by atoms with Gasteiger partial charge in [-0.1, -0.05) is 0 Å². The lowest BCUT2D eigenvalue weighted by molar-refractivity contribution is -0.385. The highest BCUT2D eigenvalue weighted by molar-refractivity contribution is 5.80. The highest BCUT2D eigenvalue weighted by atomic mass is 16.6. The quantitative estimate of drug-likeness (QED) is 0.380. The number of pyridine rings is 1. The van der Waals surface area contributed by atoms with E-state index in [2.05, 4.69) is 16.9 Å². The van der Waals surface area contributed by atoms with Gasteiger partial charge < -0.3 is 10.6 Å². The van der Waals surface area contributed by atoms with Crippen LogP contribution in [-0.4, -0.2) is 33.4 Å². The molecule has 0 unspecified atom stereocenters. The van der Waals surface area contributed by atoms with Gasteiger partial charge >= 0.3 is 0 Å². The summed E-state index contributed by atoms with van der Waals surface area (Å²) in [6.45, 7) is 3.01. The van der Waals surface area contributed by atoms with Crippen LogP contribution in [0.5, 0.6) is 0 Å². The molecule has 1 aromatic heterocycles. The molecule has 19 heavy (non-hydrogen) atoms. The highest BCUT2D eigenvalue weighted by Crippen LogP contribution is 2.18. The van der Waals surface area contributed by atoms with Crippen molar-refractivity contribution in [2.45, 2.75) is 32.2 Å². The van der Waals surface area contributed by atoms with Crippen LogP contribution >= 0.6 is 0 Å². The normalized spacial score (nSPS) is 20.4. The Bertz CT molecular complexity index is 485. The van der Waals surface area contributed by atoms with Gasteiger partial charge in [0.15, 0.2) is 11.8 Å². The van der Waals surface area contributed by atoms with Crippen LogP contribution in [0.3, 0.4) is 0 Å². The molecule has 102 valence electrons. The number of aromatic nitrogens is 1. The number of likely N-dealkylation sites (tertiary alicyclic amines) is 1. The van der Waals surface area contributed by atoms with E-state index in [0.717, 1.165) is 19.4 Å². The Morgan fingerprint density at radius 3 is 2.95 bits per heavy atom. The standard InChI is InChI=1S/C12H17N5O2/c1-9-4-2-3-7-16(9)12(13)15-11-6-5-10(8-14-11)17(18)19/h5-6,8-9H,2-4,7H2,1H3,(H2,13,14,15)/t9-/m0/s1. The number of rotatable bonds is 2. The van der Waals surface area contributed by atoms with E-state index in [-0.39, 0.29) is 5.69 Å². The smallest absolute Gasteiger partial charge is 0.287 e. The van der Waals surface area contributed by atoms with Crippen molar-refractivity contribution in [3.05, 3.63) is 28.4 Å². The van der Waals surface area contributed by atoms with Gasteiger partial charge in [-0.15, -0.1) is 0 Å². The Morgan fingerprint density at radius 1 is 1.58 bits per heavy atom. The van der Waals surface area contributed by atoms with Crippen LogP contribution in [0.2, 0.25) is 0 Å². The largest absolute Gasteiger partial charge is 0.369 e. The first-order chi connectivity index (χ1) is 9.08. The number of guanidine groups is 1. The van der Waals surface area contributed by atoms with E-state index in [1.54, 1.807) is 0 Å². The van der Waals surface area contributed by atoms with Gasteiger partial charge in [-0.25, -0.2) is 4.98 Å². The monoisotopic (exact) mass is 263 g/mol. The molecule has 0 radical (unpaired) electrons. The van der Waals surface area contributed by atoms with Gasteiger partial charge in [-0.3, -0.25) is 10.1 Å². The molecule has 0 amide bonds. The number of hydrogen-bond donors (Lipinski definition) is 1. The van der Waals surface area contributed by atoms with Crippen LogP contribution in [0, 0.1) is 10.1 Å². The number of nitrogens with two attached hydrogens (primary N) is 1. The van der Waals surface area contributed by atoms with E-state index in [9.17, 15) is 10.1 Å². The predicted octanol–water partition coefficient (Wildman–Crippen LogP) is 1.81. The van der Waals surface area contributed by atoms with Crippen molar-refractivity contribution in [2.75, 3.05) is 6.54 Å². The van der Waals surface area contributed by atoms with Gasteiger partial charge in [-0.05, 0) is 32.3 Å². The van der Waals surface area contributed by atoms with Crippen molar-refractivity contribution >= 4 is 17.5 Å². The first-order valence-corrected chi connectivity index (χ1v) is 6.29. The molecule has 0 bridgehead atoms. The van der Waals surface area contributed by atoms with E-state index < -0.39 is 4.92 Å². The maximum absolute atomic E-state index is 10.5. The topological polar surface area (TPSA) is 97.6 Å². The summed E-state index contributed by atoms with van der Waals surface area (Å²) in [6, 6.07) is 3.24. The molecule has 2 rings (SSSR count). The fourth-order valence-electron chi connectivity index (χ4n) is 2.17. The van der Waals surface area contributed by atoms with Crippen molar-refractivity contribution in [2.24, 2.45) is 10.7 Å². The molecule has 0 saturated carbocycles. The number of nitro groups is 1. The summed E-state index contributed by atoms with van der Waals surface area (Å²) in [5, 5.41) is 10.5. The molecule has 1 aliphatic heterocycles. The molecular weight excluding hydrogens is 246 g/mol. The van der Waals surface area contributed by atoms with E-state index >= 15 is 0 Å². The predicted molar refractivity (Wildman–Crippen MR) is 72.2 cm³/mol. The van der Waals surface area contributed by atoms with Crippen LogP contribution in [-0.2, 0) is 0 Å². The molecule has 1 aromatic rings. The molecule has 7 nitrogen and oxygen atoms in total. The number of hydrogen-bond acceptors (Lipinski definition) is 4. The first-order valence-electron chi connectivity index (χ1n) is 6.29. The Kier molecular flexibility index (Phi) is 3.94. The Balaban J connectivity index is 2.13. The third-order valence-corrected chi connectivity index (χ3v) is 3.27. The summed E-state index contributed by atoms with van der Waals surface area (Å²) in [5.41, 5.74) is 5.92. The molecule has 1 aliphatic rings. The molecule has 7 heteroatoms. The molecule has 1 saturated heterocycles. The van der Waals surface area contributed by atoms with Crippen LogP contribution in [0.15, 0.2) is 23.3 Å². The molecule has 1 fully saturated rings. The van der Waals surface area contributed by atoms with E-state index in [0.29, 0.717) is 17.8 Å². The minimum absolute atomic E-state index is 0.0520. The average Bonchev–Trinajstić information content (AvgIpc) is 2.39. The summed E-state index contributed by atoms with van der Waals surface area (Å²) in [4.78, 5) is 20.2. The summed E-state index contributed by atoms with van der Waals surface area (Å²) in [6.07, 6.45) is 4.60. The molecule has 1 atom stereocenters. The third kappa shape index (κ3) is 3.18. The fraction of sp³-hybridized carbons (Fsp3) is 0.500. The van der Waals surface area contributed by atoms with Crippen LogP contribution in [0.4, 0.5) is 11.5 Å². The molecule has 0 spiro atoms. The van der Waals surface area contributed by atoms with Crippen LogP contribution < -0.4 is 5.73 Å². The number of aliphatic imine (C=N–C) groups is 1. The molecule has 2 heterocycles. The SMILES string of the molecule is C[C@H]1CCCCN1C(N)=Nc1ccc([N+](=O)[O-])cn1. The molecule has 0 aliphatic carbocycles. The molecular formula is C12H17N5O2. The average molecular weight is 263 g/mol. The Morgan fingerprint density at radius 2 is 2.37 bits per heavy atom. The lowest BCUT2D eigenvalue weighted by Crippen LogP contribution is -2.46. The van der Waals surface area contributed by atoms with Crippen LogP contribution in [0.25, 0.3) is 0 Å². The van der Waals surface area contributed by atoms with Gasteiger partial charge in [0.05, 0.1) is 4.92 Å². The second kappa shape index (κ2) is 5.64. The number of piperidine rings is 1. The summed E-state index contributed by atoms with van der Waals surface area (Å²) in [5.74, 6) is 0.814. The fourth-order valence-corrected chi connectivity index (χ4v) is 2.17. The van der Waals surface area contributed by atoms with Crippen molar-refractivity contribution in [1.29, 1.82) is 0 Å². The minimum Gasteiger partial charge on any atom is -0.369 e. The van der Waals surface area contributed by atoms with Gasteiger partial charge in [0, 0.05) is 18.7 Å². The minimum atomic E-state index is -0.490. The van der Waals surface area contributed by atoms with Gasteiger partial charge in [-0.2, -0.15) is 4.99 Å². The highest BCUT2D eigenvalue weighted by Gasteiger charge is 2.19. The third-order valence-electron chi connectivity index (χ3n) is 3.27. The summed E-state index contributed by atoms with van der Waals surface area (Å²) < 4.78 is 0. The van der Waals surface area contributed by atoms with Crippen molar-refractivity contribution in [3.8, 4) is 0 Å². The first kappa shape index (κ1) is 13.3. The lowest BCUT2D eigenvalue weighted by Gasteiger charge is -2.34. The van der Waals surface area contributed by atoms with Crippen LogP contribution in [0.1, 0.15) is 26.2 Å². The second-order valence-corrected chi connectivity index (χ2v) is 4.64. The zero-order valence-corrected chi connectivity index (χ0v) is 10.8. The number of nitrogens with zero attached hydrogens (tertiary/aromatic N) is 4.